The summed E-state index contributed by atoms with van der Waals surface area (Å²) in [6, 6.07) is 13.6. The summed E-state index contributed by atoms with van der Waals surface area (Å²) in [4.78, 5) is 4.37. The van der Waals surface area contributed by atoms with E-state index in [4.69, 9.17) is 16.3 Å². The lowest BCUT2D eigenvalue weighted by atomic mass is 10.0. The molecule has 0 spiro atoms. The van der Waals surface area contributed by atoms with Gasteiger partial charge in [0.1, 0.15) is 11.8 Å². The third kappa shape index (κ3) is 2.99. The van der Waals surface area contributed by atoms with Gasteiger partial charge in [-0.15, -0.1) is 0 Å². The maximum atomic E-state index is 9.48. The average molecular weight is 338 g/mol. The summed E-state index contributed by atoms with van der Waals surface area (Å²) in [5, 5.41) is 14.3. The average Bonchev–Trinajstić information content (AvgIpc) is 2.61. The van der Waals surface area contributed by atoms with Crippen molar-refractivity contribution in [3.63, 3.8) is 0 Å². The second-order valence-electron chi connectivity index (χ2n) is 5.33. The van der Waals surface area contributed by atoms with Crippen LogP contribution in [0.2, 0.25) is 5.02 Å². The van der Waals surface area contributed by atoms with Crippen LogP contribution in [0, 0.1) is 11.3 Å². The van der Waals surface area contributed by atoms with E-state index in [0.29, 0.717) is 27.7 Å². The highest BCUT2D eigenvalue weighted by atomic mass is 35.5. The fraction of sp³-hybridized carbons (Fsp3) is 0.158. The van der Waals surface area contributed by atoms with Crippen LogP contribution in [0.25, 0.3) is 10.9 Å². The molecule has 0 saturated heterocycles. The Morgan fingerprint density at radius 2 is 2.08 bits per heavy atom. The van der Waals surface area contributed by atoms with E-state index in [1.54, 1.807) is 31.5 Å². The molecule has 3 rings (SSSR count). The Kier molecular flexibility index (Phi) is 4.54. The Hall–Kier alpha value is -2.77. The van der Waals surface area contributed by atoms with Gasteiger partial charge in [-0.05, 0) is 42.3 Å². The molecule has 0 radical (unpaired) electrons. The lowest BCUT2D eigenvalue weighted by Crippen LogP contribution is -1.99. The Morgan fingerprint density at radius 1 is 1.25 bits per heavy atom. The molecule has 0 saturated carbocycles. The van der Waals surface area contributed by atoms with Crippen molar-refractivity contribution < 1.29 is 4.74 Å². The van der Waals surface area contributed by atoms with E-state index in [1.807, 2.05) is 12.1 Å². The predicted octanol–water partition coefficient (Wildman–Crippen LogP) is 5.07. The molecule has 0 atom stereocenters. The molecule has 0 amide bonds. The van der Waals surface area contributed by atoms with E-state index in [0.717, 1.165) is 17.3 Å². The molecule has 120 valence electrons. The van der Waals surface area contributed by atoms with Crippen LogP contribution in [-0.2, 0) is 6.42 Å². The minimum absolute atomic E-state index is 0.470. The molecule has 1 N–H and O–H groups in total. The van der Waals surface area contributed by atoms with E-state index in [2.05, 4.69) is 29.4 Å². The van der Waals surface area contributed by atoms with E-state index in [9.17, 15) is 5.26 Å². The second kappa shape index (κ2) is 6.77. The summed E-state index contributed by atoms with van der Waals surface area (Å²) < 4.78 is 5.38. The van der Waals surface area contributed by atoms with E-state index in [-0.39, 0.29) is 0 Å². The number of fused-ring (bicyclic) bond motifs is 1. The number of aromatic nitrogens is 1. The minimum atomic E-state index is 0.470. The van der Waals surface area contributed by atoms with Crippen molar-refractivity contribution in [3.8, 4) is 11.8 Å². The highest BCUT2D eigenvalue weighted by Gasteiger charge is 2.12. The fourth-order valence-corrected chi connectivity index (χ4v) is 2.76. The number of nitriles is 1. The Bertz CT molecular complexity index is 947. The molecule has 0 aliphatic rings. The minimum Gasteiger partial charge on any atom is -0.495 e. The zero-order valence-electron chi connectivity index (χ0n) is 13.4. The number of ether oxygens (including phenoxy) is 1. The maximum absolute atomic E-state index is 9.48. The molecule has 1 heterocycles. The van der Waals surface area contributed by atoms with Gasteiger partial charge < -0.3 is 10.1 Å². The number of anilines is 2. The van der Waals surface area contributed by atoms with E-state index in [1.165, 1.54) is 5.56 Å². The number of hydrogen-bond acceptors (Lipinski definition) is 4. The van der Waals surface area contributed by atoms with Crippen LogP contribution in [0.1, 0.15) is 18.1 Å². The predicted molar refractivity (Wildman–Crippen MR) is 97.1 cm³/mol. The number of halogens is 1. The summed E-state index contributed by atoms with van der Waals surface area (Å²) in [5.41, 5.74) is 3.89. The summed E-state index contributed by atoms with van der Waals surface area (Å²) in [5.74, 6) is 0.653. The van der Waals surface area contributed by atoms with Crippen LogP contribution in [0.3, 0.4) is 0 Å². The third-order valence-electron chi connectivity index (χ3n) is 3.88. The highest BCUT2D eigenvalue weighted by molar-refractivity contribution is 6.31. The van der Waals surface area contributed by atoms with Crippen molar-refractivity contribution in [2.24, 2.45) is 0 Å². The lowest BCUT2D eigenvalue weighted by molar-refractivity contribution is 0.417. The van der Waals surface area contributed by atoms with Gasteiger partial charge in [-0.25, -0.2) is 0 Å². The van der Waals surface area contributed by atoms with Crippen molar-refractivity contribution in [1.82, 2.24) is 4.98 Å². The number of pyridine rings is 1. The van der Waals surface area contributed by atoms with E-state index >= 15 is 0 Å². The smallest absolute Gasteiger partial charge is 0.142 e. The monoisotopic (exact) mass is 337 g/mol. The van der Waals surface area contributed by atoms with Gasteiger partial charge in [0.2, 0.25) is 0 Å². The van der Waals surface area contributed by atoms with Crippen LogP contribution >= 0.6 is 11.6 Å². The number of aryl methyl sites for hydroxylation is 1. The normalized spacial score (nSPS) is 10.4. The summed E-state index contributed by atoms with van der Waals surface area (Å²) in [6.07, 6.45) is 2.49. The molecule has 24 heavy (non-hydrogen) atoms. The quantitative estimate of drug-likeness (QED) is 0.721. The van der Waals surface area contributed by atoms with Gasteiger partial charge >= 0.3 is 0 Å². The Morgan fingerprint density at radius 3 is 2.79 bits per heavy atom. The molecule has 1 aromatic heterocycles. The molecule has 0 aliphatic carbocycles. The van der Waals surface area contributed by atoms with Crippen molar-refractivity contribution in [2.45, 2.75) is 13.3 Å². The molecule has 5 heteroatoms. The SMILES string of the molecule is CCc1ccc2ncc(C#N)c(Nc3cc(Cl)ccc3OC)c2c1. The summed E-state index contributed by atoms with van der Waals surface area (Å²) in [7, 11) is 1.60. The molecule has 3 aromatic rings. The van der Waals surface area contributed by atoms with Gasteiger partial charge in [-0.2, -0.15) is 5.26 Å². The van der Waals surface area contributed by atoms with Gasteiger partial charge in [0.25, 0.3) is 0 Å². The largest absolute Gasteiger partial charge is 0.495 e. The number of nitrogens with one attached hydrogen (secondary N) is 1. The topological polar surface area (TPSA) is 57.9 Å². The first-order valence-electron chi connectivity index (χ1n) is 7.58. The molecule has 4 nitrogen and oxygen atoms in total. The molecule has 0 fully saturated rings. The van der Waals surface area contributed by atoms with Crippen LogP contribution in [0.4, 0.5) is 11.4 Å². The summed E-state index contributed by atoms with van der Waals surface area (Å²) >= 11 is 6.11. The first kappa shape index (κ1) is 16.1. The number of rotatable bonds is 4. The zero-order valence-corrected chi connectivity index (χ0v) is 14.2. The van der Waals surface area contributed by atoms with Crippen molar-refractivity contribution in [2.75, 3.05) is 12.4 Å². The number of hydrogen-bond donors (Lipinski definition) is 1. The second-order valence-corrected chi connectivity index (χ2v) is 5.77. The number of benzene rings is 2. The number of nitrogens with zero attached hydrogens (tertiary/aromatic N) is 2. The van der Waals surface area contributed by atoms with E-state index < -0.39 is 0 Å². The first-order valence-corrected chi connectivity index (χ1v) is 7.96. The molecule has 0 bridgehead atoms. The third-order valence-corrected chi connectivity index (χ3v) is 4.12. The maximum Gasteiger partial charge on any atom is 0.142 e. The van der Waals surface area contributed by atoms with Crippen LogP contribution in [0.15, 0.2) is 42.6 Å². The van der Waals surface area contributed by atoms with Crippen molar-refractivity contribution >= 4 is 33.9 Å². The first-order chi connectivity index (χ1) is 11.7. The molecule has 0 aliphatic heterocycles. The van der Waals surface area contributed by atoms with Crippen LogP contribution in [0.5, 0.6) is 5.75 Å². The highest BCUT2D eigenvalue weighted by Crippen LogP contribution is 2.35. The van der Waals surface area contributed by atoms with Gasteiger partial charge in [-0.3, -0.25) is 4.98 Å². The standard InChI is InChI=1S/C19H16ClN3O/c1-3-12-4-6-16-15(8-12)19(13(10-21)11-22-16)23-17-9-14(20)5-7-18(17)24-2/h4-9,11H,3H2,1-2H3,(H,22,23). The lowest BCUT2D eigenvalue weighted by Gasteiger charge is -2.15. The van der Waals surface area contributed by atoms with Crippen LogP contribution in [-0.4, -0.2) is 12.1 Å². The van der Waals surface area contributed by atoms with Crippen molar-refractivity contribution in [1.29, 1.82) is 5.26 Å². The van der Waals surface area contributed by atoms with Crippen LogP contribution < -0.4 is 10.1 Å². The van der Waals surface area contributed by atoms with Gasteiger partial charge in [-0.1, -0.05) is 24.6 Å². The van der Waals surface area contributed by atoms with Gasteiger partial charge in [0.15, 0.2) is 0 Å². The van der Waals surface area contributed by atoms with Gasteiger partial charge in [0.05, 0.1) is 29.6 Å². The number of methoxy groups -OCH3 is 1. The summed E-state index contributed by atoms with van der Waals surface area (Å²) in [6.45, 7) is 2.09. The Labute approximate surface area is 145 Å². The van der Waals surface area contributed by atoms with Gasteiger partial charge in [0, 0.05) is 16.6 Å². The fourth-order valence-electron chi connectivity index (χ4n) is 2.59. The molecule has 0 unspecified atom stereocenters. The zero-order chi connectivity index (χ0) is 17.1. The van der Waals surface area contributed by atoms with Crippen molar-refractivity contribution in [3.05, 3.63) is 58.7 Å². The Balaban J connectivity index is 2.21. The molecule has 2 aromatic carbocycles. The molecular weight excluding hydrogens is 322 g/mol. The molecular formula is C19H16ClN3O.